The molecule has 0 spiro atoms. The van der Waals surface area contributed by atoms with Gasteiger partial charge in [0.15, 0.2) is 0 Å². The van der Waals surface area contributed by atoms with Crippen molar-refractivity contribution in [2.24, 2.45) is 0 Å². The van der Waals surface area contributed by atoms with Crippen LogP contribution in [0.15, 0.2) is 0 Å². The van der Waals surface area contributed by atoms with Gasteiger partial charge in [-0.1, -0.05) is 0 Å². The summed E-state index contributed by atoms with van der Waals surface area (Å²) in [5.41, 5.74) is 0. The van der Waals surface area contributed by atoms with E-state index in [4.69, 9.17) is 0 Å². The zero-order valence-corrected chi connectivity index (χ0v) is 7.68. The number of carbonyl (C=O) groups excluding carboxylic acids is 1. The van der Waals surface area contributed by atoms with E-state index in [2.05, 4.69) is 33.4 Å². The third kappa shape index (κ3) is 9.43. The van der Waals surface area contributed by atoms with Crippen LogP contribution in [-0.2, 0) is 4.79 Å². The molecule has 0 rings (SSSR count). The number of hydrogen-bond acceptors (Lipinski definition) is 1. The predicted octanol–water partition coefficient (Wildman–Crippen LogP) is 0.0330. The fourth-order valence-corrected chi connectivity index (χ4v) is 0.781. The Hall–Kier alpha value is -0.570. The predicted molar refractivity (Wildman–Crippen MR) is 45.9 cm³/mol. The van der Waals surface area contributed by atoms with Crippen molar-refractivity contribution < 1.29 is 9.28 Å². The van der Waals surface area contributed by atoms with Gasteiger partial charge in [-0.3, -0.25) is 4.79 Å². The monoisotopic (exact) mass is 158 g/mol. The molecule has 1 radical (unpaired) electrons. The molecule has 11 heavy (non-hydrogen) atoms. The second kappa shape index (κ2) is 4.34. The lowest BCUT2D eigenvalue weighted by Gasteiger charge is -2.23. The number of nitrogens with one attached hydrogen (secondary N) is 1. The number of nitrogens with zero attached hydrogens (tertiary/aromatic N) is 1. The lowest BCUT2D eigenvalue weighted by atomic mass is 10.3. The zero-order valence-electron chi connectivity index (χ0n) is 7.68. The van der Waals surface area contributed by atoms with Crippen LogP contribution in [0.2, 0.25) is 0 Å². The van der Waals surface area contributed by atoms with Crippen LogP contribution in [0.5, 0.6) is 0 Å². The van der Waals surface area contributed by atoms with E-state index in [1.165, 1.54) is 0 Å². The Balaban J connectivity index is 3.22. The SMILES string of the molecule is [CH2]C(=O)NCCC[N+](C)(C)C. The lowest BCUT2D eigenvalue weighted by molar-refractivity contribution is -0.870. The standard InChI is InChI=1S/C8H17N2O/c1-8(11)9-6-5-7-10(2,3)4/h1,5-7H2,2-4H3/p+1. The lowest BCUT2D eigenvalue weighted by Crippen LogP contribution is -2.37. The smallest absolute Gasteiger partial charge is 0.220 e. The van der Waals surface area contributed by atoms with Gasteiger partial charge in [0.25, 0.3) is 0 Å². The highest BCUT2D eigenvalue weighted by Crippen LogP contribution is 1.91. The number of rotatable bonds is 4. The van der Waals surface area contributed by atoms with Crippen LogP contribution >= 0.6 is 0 Å². The first-order valence-electron chi connectivity index (χ1n) is 3.82. The Morgan fingerprint density at radius 3 is 2.36 bits per heavy atom. The Morgan fingerprint density at radius 2 is 2.00 bits per heavy atom. The van der Waals surface area contributed by atoms with Crippen molar-refractivity contribution in [2.45, 2.75) is 6.42 Å². The van der Waals surface area contributed by atoms with Crippen LogP contribution in [-0.4, -0.2) is 44.6 Å². The summed E-state index contributed by atoms with van der Waals surface area (Å²) in [7, 11) is 6.39. The van der Waals surface area contributed by atoms with Gasteiger partial charge in [0.2, 0.25) is 5.91 Å². The van der Waals surface area contributed by atoms with Crippen molar-refractivity contribution in [1.82, 2.24) is 5.32 Å². The first-order valence-corrected chi connectivity index (χ1v) is 3.82. The van der Waals surface area contributed by atoms with Crippen molar-refractivity contribution in [3.05, 3.63) is 6.92 Å². The van der Waals surface area contributed by atoms with Gasteiger partial charge in [-0.2, -0.15) is 0 Å². The summed E-state index contributed by atoms with van der Waals surface area (Å²) in [6.45, 7) is 5.02. The molecule has 3 nitrogen and oxygen atoms in total. The van der Waals surface area contributed by atoms with Crippen molar-refractivity contribution >= 4 is 5.91 Å². The molecule has 3 heteroatoms. The van der Waals surface area contributed by atoms with Crippen LogP contribution in [0.1, 0.15) is 6.42 Å². The maximum Gasteiger partial charge on any atom is 0.220 e. The maximum atomic E-state index is 10.3. The first kappa shape index (κ1) is 10.4. The highest BCUT2D eigenvalue weighted by molar-refractivity contribution is 5.79. The minimum Gasteiger partial charge on any atom is -0.356 e. The second-order valence-electron chi connectivity index (χ2n) is 3.72. The maximum absolute atomic E-state index is 10.3. The van der Waals surface area contributed by atoms with E-state index < -0.39 is 0 Å². The molecule has 0 heterocycles. The van der Waals surface area contributed by atoms with Crippen molar-refractivity contribution in [1.29, 1.82) is 0 Å². The summed E-state index contributed by atoms with van der Waals surface area (Å²) < 4.78 is 0.938. The second-order valence-corrected chi connectivity index (χ2v) is 3.72. The fourth-order valence-electron chi connectivity index (χ4n) is 0.781. The van der Waals surface area contributed by atoms with E-state index in [0.29, 0.717) is 0 Å². The number of hydrogen-bond donors (Lipinski definition) is 1. The largest absolute Gasteiger partial charge is 0.356 e. The third-order valence-electron chi connectivity index (χ3n) is 1.33. The molecule has 0 aliphatic rings. The number of carbonyl (C=O) groups is 1. The normalized spacial score (nSPS) is 11.3. The van der Waals surface area contributed by atoms with Crippen LogP contribution in [0.3, 0.4) is 0 Å². The molecule has 0 aliphatic carbocycles. The van der Waals surface area contributed by atoms with E-state index in [0.717, 1.165) is 24.0 Å². The molecule has 0 aromatic carbocycles. The zero-order chi connectivity index (χ0) is 8.91. The van der Waals surface area contributed by atoms with E-state index in [1.807, 2.05) is 0 Å². The minimum atomic E-state index is -0.189. The molecule has 0 aromatic heterocycles. The van der Waals surface area contributed by atoms with E-state index in [-0.39, 0.29) is 5.91 Å². The van der Waals surface area contributed by atoms with E-state index in [1.54, 1.807) is 0 Å². The molecule has 1 amide bonds. The molecule has 0 atom stereocenters. The van der Waals surface area contributed by atoms with E-state index >= 15 is 0 Å². The van der Waals surface area contributed by atoms with Crippen LogP contribution in [0.25, 0.3) is 0 Å². The Morgan fingerprint density at radius 1 is 1.45 bits per heavy atom. The molecule has 0 aromatic rings. The van der Waals surface area contributed by atoms with Crippen LogP contribution < -0.4 is 5.32 Å². The van der Waals surface area contributed by atoms with Crippen molar-refractivity contribution in [2.75, 3.05) is 34.2 Å². The average Bonchev–Trinajstić information content (AvgIpc) is 1.78. The summed E-state index contributed by atoms with van der Waals surface area (Å²) in [6, 6.07) is 0. The Labute approximate surface area is 69.0 Å². The quantitative estimate of drug-likeness (QED) is 0.454. The molecule has 65 valence electrons. The molecule has 0 aliphatic heterocycles. The van der Waals surface area contributed by atoms with Crippen molar-refractivity contribution in [3.63, 3.8) is 0 Å². The van der Waals surface area contributed by atoms with Gasteiger partial charge in [-0.25, -0.2) is 0 Å². The van der Waals surface area contributed by atoms with Gasteiger partial charge in [-0.15, -0.1) is 0 Å². The van der Waals surface area contributed by atoms with E-state index in [9.17, 15) is 4.79 Å². The molecule has 0 unspecified atom stereocenters. The molecule has 0 saturated heterocycles. The van der Waals surface area contributed by atoms with Gasteiger partial charge in [0, 0.05) is 19.9 Å². The number of quaternary nitrogens is 1. The fraction of sp³-hybridized carbons (Fsp3) is 0.750. The molecule has 0 bridgehead atoms. The van der Waals surface area contributed by atoms with Gasteiger partial charge < -0.3 is 9.80 Å². The first-order chi connectivity index (χ1) is 4.92. The van der Waals surface area contributed by atoms with Crippen LogP contribution in [0, 0.1) is 6.92 Å². The Kier molecular flexibility index (Phi) is 4.11. The molecule has 0 saturated carbocycles. The minimum absolute atomic E-state index is 0.189. The van der Waals surface area contributed by atoms with Gasteiger partial charge in [0.1, 0.15) is 0 Å². The van der Waals surface area contributed by atoms with Crippen molar-refractivity contribution in [3.8, 4) is 0 Å². The van der Waals surface area contributed by atoms with Gasteiger partial charge >= 0.3 is 0 Å². The summed E-state index contributed by atoms with van der Waals surface area (Å²) >= 11 is 0. The summed E-state index contributed by atoms with van der Waals surface area (Å²) in [6.07, 6.45) is 1.00. The van der Waals surface area contributed by atoms with Gasteiger partial charge in [0.05, 0.1) is 27.7 Å². The number of amides is 1. The molecular weight excluding hydrogens is 140 g/mol. The topological polar surface area (TPSA) is 29.1 Å². The summed E-state index contributed by atoms with van der Waals surface area (Å²) in [4.78, 5) is 10.3. The average molecular weight is 158 g/mol. The molecular formula is C8H18N2O+. The highest BCUT2D eigenvalue weighted by atomic mass is 16.1. The third-order valence-corrected chi connectivity index (χ3v) is 1.33. The molecule has 1 N–H and O–H groups in total. The van der Waals surface area contributed by atoms with Gasteiger partial charge in [-0.05, 0) is 0 Å². The molecule has 0 fully saturated rings. The highest BCUT2D eigenvalue weighted by Gasteiger charge is 2.04. The Bertz CT molecular complexity index is 127. The summed E-state index contributed by atoms with van der Waals surface area (Å²) in [5, 5.41) is 2.66. The van der Waals surface area contributed by atoms with Crippen LogP contribution in [0.4, 0.5) is 0 Å². The summed E-state index contributed by atoms with van der Waals surface area (Å²) in [5.74, 6) is -0.189.